The summed E-state index contributed by atoms with van der Waals surface area (Å²) in [4.78, 5) is 12.0. The Balaban J connectivity index is 2.74. The summed E-state index contributed by atoms with van der Waals surface area (Å²) in [5.74, 6) is -0.754. The smallest absolute Gasteiger partial charge is 0.167 e. The fourth-order valence-corrected chi connectivity index (χ4v) is 2.29. The Morgan fingerprint density at radius 2 is 2.06 bits per heavy atom. The fourth-order valence-electron chi connectivity index (χ4n) is 1.93. The number of benzene rings is 1. The first-order valence-electron chi connectivity index (χ1n) is 5.93. The van der Waals surface area contributed by atoms with Crippen LogP contribution < -0.4 is 5.73 Å². The van der Waals surface area contributed by atoms with Crippen LogP contribution in [0.25, 0.3) is 0 Å². The molecule has 1 aromatic carbocycles. The van der Waals surface area contributed by atoms with Crippen LogP contribution in [0.2, 0.25) is 0 Å². The van der Waals surface area contributed by atoms with Crippen molar-refractivity contribution in [3.8, 4) is 0 Å². The minimum atomic E-state index is -0.509. The minimum absolute atomic E-state index is 0.0650. The van der Waals surface area contributed by atoms with Crippen molar-refractivity contribution in [2.45, 2.75) is 39.7 Å². The van der Waals surface area contributed by atoms with Crippen molar-refractivity contribution in [2.24, 2.45) is 11.1 Å². The van der Waals surface area contributed by atoms with Crippen LogP contribution in [-0.2, 0) is 0 Å². The molecule has 0 bridgehead atoms. The molecule has 4 heteroatoms. The molecule has 2 N–H and O–H groups in total. The zero-order chi connectivity index (χ0) is 13.9. The molecule has 0 fully saturated rings. The molecule has 0 aromatic heterocycles. The number of Topliss-reactive ketones (excluding diaryl/α,β-unsaturated/α-hetero) is 1. The summed E-state index contributed by atoms with van der Waals surface area (Å²) >= 11 is 3.07. The van der Waals surface area contributed by atoms with Crippen LogP contribution in [0.15, 0.2) is 22.7 Å². The maximum absolute atomic E-state index is 13.7. The third-order valence-corrected chi connectivity index (χ3v) is 3.19. The second-order valence-electron chi connectivity index (χ2n) is 5.75. The highest BCUT2D eigenvalue weighted by Gasteiger charge is 2.21. The van der Waals surface area contributed by atoms with E-state index in [-0.39, 0.29) is 29.2 Å². The number of carbonyl (C=O) groups excluding carboxylic acids is 1. The summed E-state index contributed by atoms with van der Waals surface area (Å²) in [6.45, 7) is 6.20. The Morgan fingerprint density at radius 1 is 1.44 bits per heavy atom. The first-order chi connectivity index (χ1) is 8.20. The Bertz CT molecular complexity index is 440. The molecule has 0 radical (unpaired) electrons. The van der Waals surface area contributed by atoms with Crippen molar-refractivity contribution < 1.29 is 9.18 Å². The lowest BCUT2D eigenvalue weighted by Crippen LogP contribution is -2.29. The zero-order valence-electron chi connectivity index (χ0n) is 11.0. The molecule has 1 aromatic rings. The molecule has 0 saturated carbocycles. The second-order valence-corrected chi connectivity index (χ2v) is 6.61. The van der Waals surface area contributed by atoms with Crippen LogP contribution in [0, 0.1) is 11.2 Å². The maximum atomic E-state index is 13.7. The summed E-state index contributed by atoms with van der Waals surface area (Å²) in [7, 11) is 0. The van der Waals surface area contributed by atoms with Gasteiger partial charge in [-0.2, -0.15) is 0 Å². The number of halogens is 2. The lowest BCUT2D eigenvalue weighted by Gasteiger charge is -2.22. The molecular weight excluding hydrogens is 297 g/mol. The number of ketones is 1. The van der Waals surface area contributed by atoms with Crippen LogP contribution >= 0.6 is 15.9 Å². The van der Waals surface area contributed by atoms with E-state index < -0.39 is 5.82 Å². The molecule has 0 heterocycles. The summed E-state index contributed by atoms with van der Waals surface area (Å²) in [6, 6.07) is 4.47. The number of hydrogen-bond acceptors (Lipinski definition) is 2. The van der Waals surface area contributed by atoms with Gasteiger partial charge in [-0.1, -0.05) is 26.8 Å². The van der Waals surface area contributed by atoms with Crippen LogP contribution in [-0.4, -0.2) is 11.8 Å². The molecule has 0 aliphatic rings. The van der Waals surface area contributed by atoms with Crippen LogP contribution in [0.3, 0.4) is 0 Å². The molecule has 100 valence electrons. The normalized spacial score (nSPS) is 13.4. The molecule has 0 saturated heterocycles. The van der Waals surface area contributed by atoms with Gasteiger partial charge in [0.05, 0.1) is 10.0 Å². The Hall–Kier alpha value is -0.740. The van der Waals surface area contributed by atoms with Gasteiger partial charge < -0.3 is 5.73 Å². The van der Waals surface area contributed by atoms with E-state index in [1.54, 1.807) is 12.1 Å². The third kappa shape index (κ3) is 4.50. The topological polar surface area (TPSA) is 43.1 Å². The van der Waals surface area contributed by atoms with Crippen molar-refractivity contribution >= 4 is 21.7 Å². The van der Waals surface area contributed by atoms with E-state index in [0.29, 0.717) is 4.47 Å². The van der Waals surface area contributed by atoms with Gasteiger partial charge in [0, 0.05) is 12.5 Å². The molecule has 0 aliphatic carbocycles. The largest absolute Gasteiger partial charge is 0.327 e. The standard InChI is InChI=1S/C14H19BrFNO/c1-14(2,3)8-9(17)7-12(18)10-5-4-6-11(15)13(10)16/h4-6,9H,7-8,17H2,1-3H3. The zero-order valence-corrected chi connectivity index (χ0v) is 12.6. The summed E-state index contributed by atoms with van der Waals surface area (Å²) in [5, 5.41) is 0. The molecule has 1 rings (SSSR count). The fraction of sp³-hybridized carbons (Fsp3) is 0.500. The molecule has 1 atom stereocenters. The lowest BCUT2D eigenvalue weighted by molar-refractivity contribution is 0.0964. The van der Waals surface area contributed by atoms with Gasteiger partial charge in [-0.25, -0.2) is 4.39 Å². The van der Waals surface area contributed by atoms with E-state index in [9.17, 15) is 9.18 Å². The quantitative estimate of drug-likeness (QED) is 0.856. The van der Waals surface area contributed by atoms with E-state index in [1.165, 1.54) is 6.07 Å². The highest BCUT2D eigenvalue weighted by atomic mass is 79.9. The number of nitrogens with two attached hydrogens (primary N) is 1. The third-order valence-electron chi connectivity index (χ3n) is 2.57. The summed E-state index contributed by atoms with van der Waals surface area (Å²) < 4.78 is 14.0. The van der Waals surface area contributed by atoms with Gasteiger partial charge in [0.15, 0.2) is 5.78 Å². The van der Waals surface area contributed by atoms with Crippen molar-refractivity contribution in [3.05, 3.63) is 34.1 Å². The van der Waals surface area contributed by atoms with Crippen molar-refractivity contribution in [1.82, 2.24) is 0 Å². The first kappa shape index (κ1) is 15.3. The van der Waals surface area contributed by atoms with Crippen LogP contribution in [0.1, 0.15) is 44.0 Å². The maximum Gasteiger partial charge on any atom is 0.167 e. The molecule has 0 aliphatic heterocycles. The highest BCUT2D eigenvalue weighted by molar-refractivity contribution is 9.10. The van der Waals surface area contributed by atoms with Gasteiger partial charge in [0.25, 0.3) is 0 Å². The van der Waals surface area contributed by atoms with E-state index in [4.69, 9.17) is 5.73 Å². The number of hydrogen-bond donors (Lipinski definition) is 1. The number of carbonyl (C=O) groups is 1. The first-order valence-corrected chi connectivity index (χ1v) is 6.73. The molecule has 1 unspecified atom stereocenters. The predicted octanol–water partition coefficient (Wildman–Crippen LogP) is 3.92. The van der Waals surface area contributed by atoms with Crippen molar-refractivity contribution in [1.29, 1.82) is 0 Å². The van der Waals surface area contributed by atoms with E-state index in [0.717, 1.165) is 6.42 Å². The average Bonchev–Trinajstić information content (AvgIpc) is 2.18. The Labute approximate surface area is 116 Å². The molecule has 18 heavy (non-hydrogen) atoms. The van der Waals surface area contributed by atoms with E-state index in [1.807, 2.05) is 0 Å². The minimum Gasteiger partial charge on any atom is -0.327 e. The van der Waals surface area contributed by atoms with Gasteiger partial charge in [0.2, 0.25) is 0 Å². The average molecular weight is 316 g/mol. The van der Waals surface area contributed by atoms with E-state index >= 15 is 0 Å². The van der Waals surface area contributed by atoms with Crippen molar-refractivity contribution in [3.63, 3.8) is 0 Å². The van der Waals surface area contributed by atoms with Gasteiger partial charge in [-0.15, -0.1) is 0 Å². The van der Waals surface area contributed by atoms with Crippen molar-refractivity contribution in [2.75, 3.05) is 0 Å². The Kier molecular flexibility index (Phi) is 5.05. The van der Waals surface area contributed by atoms with Gasteiger partial charge in [-0.05, 0) is 39.9 Å². The summed E-state index contributed by atoms with van der Waals surface area (Å²) in [5.41, 5.74) is 6.10. The van der Waals surface area contributed by atoms with Gasteiger partial charge in [0.1, 0.15) is 5.82 Å². The van der Waals surface area contributed by atoms with E-state index in [2.05, 4.69) is 36.7 Å². The Morgan fingerprint density at radius 3 is 2.61 bits per heavy atom. The predicted molar refractivity (Wildman–Crippen MR) is 75.1 cm³/mol. The van der Waals surface area contributed by atoms with Gasteiger partial charge >= 0.3 is 0 Å². The molecule has 0 spiro atoms. The monoisotopic (exact) mass is 315 g/mol. The lowest BCUT2D eigenvalue weighted by atomic mass is 9.86. The molecular formula is C14H19BrFNO. The summed E-state index contributed by atoms with van der Waals surface area (Å²) in [6.07, 6.45) is 0.902. The number of rotatable bonds is 4. The van der Waals surface area contributed by atoms with Crippen LogP contribution in [0.5, 0.6) is 0 Å². The van der Waals surface area contributed by atoms with Crippen LogP contribution in [0.4, 0.5) is 4.39 Å². The second kappa shape index (κ2) is 5.93. The molecule has 0 amide bonds. The highest BCUT2D eigenvalue weighted by Crippen LogP contribution is 2.24. The van der Waals surface area contributed by atoms with Gasteiger partial charge in [-0.3, -0.25) is 4.79 Å². The molecule has 2 nitrogen and oxygen atoms in total. The SMILES string of the molecule is CC(C)(C)CC(N)CC(=O)c1cccc(Br)c1F.